The molecule has 1 aliphatic carbocycles. The van der Waals surface area contributed by atoms with E-state index in [9.17, 15) is 18.3 Å². The van der Waals surface area contributed by atoms with Crippen molar-refractivity contribution in [3.63, 3.8) is 0 Å². The van der Waals surface area contributed by atoms with Crippen LogP contribution in [0.2, 0.25) is 0 Å². The third kappa shape index (κ3) is 4.42. The van der Waals surface area contributed by atoms with E-state index in [4.69, 9.17) is 4.74 Å². The molecule has 13 heteroatoms. The van der Waals surface area contributed by atoms with E-state index in [1.165, 1.54) is 11.3 Å². The summed E-state index contributed by atoms with van der Waals surface area (Å²) >= 11 is 1.33. The number of sulfonamides is 1. The van der Waals surface area contributed by atoms with Gasteiger partial charge in [-0.3, -0.25) is 4.79 Å². The summed E-state index contributed by atoms with van der Waals surface area (Å²) in [5, 5.41) is 16.7. The van der Waals surface area contributed by atoms with Crippen molar-refractivity contribution in [3.8, 4) is 5.13 Å². The summed E-state index contributed by atoms with van der Waals surface area (Å²) in [5.74, 6) is 0.0309. The van der Waals surface area contributed by atoms with Crippen LogP contribution in [-0.2, 0) is 31.8 Å². The highest BCUT2D eigenvalue weighted by molar-refractivity contribution is 7.89. The van der Waals surface area contributed by atoms with Gasteiger partial charge in [0.2, 0.25) is 21.1 Å². The standard InChI is InChI=1S/C24H30N6O5S2/c1-15(31)28-6-8-29(9-7-28)19-10-16(37(33,34)27-23(2)4-5-23)11-20-17(19)12-25-30(20)22-26-18-13-35-14-24(3,32)21(18)36-22/h10-12,27,32H,4-9,13-14H2,1-3H3. The smallest absolute Gasteiger partial charge is 0.241 e. The lowest BCUT2D eigenvalue weighted by Crippen LogP contribution is -2.48. The summed E-state index contributed by atoms with van der Waals surface area (Å²) in [6.07, 6.45) is 3.33. The van der Waals surface area contributed by atoms with E-state index < -0.39 is 21.2 Å². The number of carbonyl (C=O) groups excluding carboxylic acids is 1. The molecule has 1 unspecified atom stereocenters. The van der Waals surface area contributed by atoms with Crippen molar-refractivity contribution in [1.82, 2.24) is 24.4 Å². The maximum Gasteiger partial charge on any atom is 0.241 e. The Morgan fingerprint density at radius 3 is 2.57 bits per heavy atom. The molecule has 1 saturated heterocycles. The van der Waals surface area contributed by atoms with Gasteiger partial charge in [0.25, 0.3) is 0 Å². The number of carbonyl (C=O) groups is 1. The van der Waals surface area contributed by atoms with Crippen LogP contribution in [0, 0.1) is 0 Å². The van der Waals surface area contributed by atoms with Crippen molar-refractivity contribution in [2.75, 3.05) is 37.7 Å². The summed E-state index contributed by atoms with van der Waals surface area (Å²) in [7, 11) is -3.79. The fraction of sp³-hybridized carbons (Fsp3) is 0.542. The zero-order chi connectivity index (χ0) is 26.2. The van der Waals surface area contributed by atoms with Gasteiger partial charge >= 0.3 is 0 Å². The molecule has 2 fully saturated rings. The van der Waals surface area contributed by atoms with E-state index in [0.29, 0.717) is 49.1 Å². The fourth-order valence-corrected chi connectivity index (χ4v) is 7.52. The molecule has 0 radical (unpaired) electrons. The van der Waals surface area contributed by atoms with E-state index in [1.54, 1.807) is 41.8 Å². The summed E-state index contributed by atoms with van der Waals surface area (Å²) in [6.45, 7) is 7.94. The zero-order valence-electron chi connectivity index (χ0n) is 21.0. The molecule has 2 aliphatic heterocycles. The maximum absolute atomic E-state index is 13.4. The van der Waals surface area contributed by atoms with Crippen LogP contribution in [-0.4, -0.2) is 77.4 Å². The minimum absolute atomic E-state index is 0.0309. The topological polar surface area (TPSA) is 130 Å². The number of nitrogens with zero attached hydrogens (tertiary/aromatic N) is 5. The van der Waals surface area contributed by atoms with Crippen LogP contribution in [0.4, 0.5) is 5.69 Å². The molecule has 3 aromatic rings. The number of fused-ring (bicyclic) bond motifs is 2. The normalized spacial score (nSPS) is 23.4. The molecule has 2 N–H and O–H groups in total. The molecule has 37 heavy (non-hydrogen) atoms. The molecule has 0 bridgehead atoms. The van der Waals surface area contributed by atoms with Crippen molar-refractivity contribution in [1.29, 1.82) is 0 Å². The summed E-state index contributed by atoms with van der Waals surface area (Å²) in [6, 6.07) is 3.35. The Kier molecular flexibility index (Phi) is 5.66. The minimum Gasteiger partial charge on any atom is -0.382 e. The third-order valence-corrected chi connectivity index (χ3v) is 10.3. The van der Waals surface area contributed by atoms with Crippen LogP contribution in [0.1, 0.15) is 44.2 Å². The number of aromatic nitrogens is 3. The first kappa shape index (κ1) is 24.7. The summed E-state index contributed by atoms with van der Waals surface area (Å²) in [4.78, 5) is 21.3. The second-order valence-corrected chi connectivity index (χ2v) is 13.3. The van der Waals surface area contributed by atoms with Crippen LogP contribution in [0.15, 0.2) is 23.2 Å². The minimum atomic E-state index is -3.79. The van der Waals surface area contributed by atoms with Gasteiger partial charge in [-0.05, 0) is 38.8 Å². The summed E-state index contributed by atoms with van der Waals surface area (Å²) in [5.41, 5.74) is 0.463. The number of benzene rings is 1. The molecule has 1 saturated carbocycles. The van der Waals surface area contributed by atoms with Crippen LogP contribution >= 0.6 is 11.3 Å². The Bertz CT molecular complexity index is 1500. The van der Waals surface area contributed by atoms with Gasteiger partial charge in [-0.25, -0.2) is 22.8 Å². The first-order chi connectivity index (χ1) is 17.5. The number of aliphatic hydroxyl groups is 1. The molecule has 0 spiro atoms. The Morgan fingerprint density at radius 1 is 1.19 bits per heavy atom. The van der Waals surface area contributed by atoms with Gasteiger partial charge in [0.1, 0.15) is 5.60 Å². The van der Waals surface area contributed by atoms with E-state index in [-0.39, 0.29) is 17.4 Å². The molecule has 3 aliphatic rings. The fourth-order valence-electron chi connectivity index (χ4n) is 4.95. The molecule has 6 rings (SSSR count). The average molecular weight is 547 g/mol. The number of ether oxygens (including phenoxy) is 1. The van der Waals surface area contributed by atoms with E-state index in [2.05, 4.69) is 19.7 Å². The van der Waals surface area contributed by atoms with E-state index in [0.717, 1.165) is 28.8 Å². The molecule has 198 valence electrons. The SMILES string of the molecule is CC(=O)N1CCN(c2cc(S(=O)(=O)NC3(C)CC3)cc3c2cnn3-c2nc3c(s2)C(C)(O)COC3)CC1. The van der Waals surface area contributed by atoms with Gasteiger partial charge in [-0.2, -0.15) is 5.10 Å². The third-order valence-electron chi connectivity index (χ3n) is 7.38. The number of rotatable bonds is 5. The Balaban J connectivity index is 1.47. The number of anilines is 1. The number of hydrogen-bond acceptors (Lipinski definition) is 9. The van der Waals surface area contributed by atoms with Crippen molar-refractivity contribution in [2.24, 2.45) is 0 Å². The number of hydrogen-bond donors (Lipinski definition) is 2. The van der Waals surface area contributed by atoms with Gasteiger partial charge in [-0.1, -0.05) is 11.3 Å². The number of thiazole rings is 1. The van der Waals surface area contributed by atoms with Gasteiger partial charge < -0.3 is 19.6 Å². The molecule has 4 heterocycles. The lowest BCUT2D eigenvalue weighted by atomic mass is 10.0. The quantitative estimate of drug-likeness (QED) is 0.495. The van der Waals surface area contributed by atoms with Gasteiger partial charge in [-0.15, -0.1) is 0 Å². The second-order valence-electron chi connectivity index (χ2n) is 10.6. The predicted molar refractivity (Wildman–Crippen MR) is 138 cm³/mol. The largest absolute Gasteiger partial charge is 0.382 e. The first-order valence-electron chi connectivity index (χ1n) is 12.3. The van der Waals surface area contributed by atoms with Crippen molar-refractivity contribution >= 4 is 43.9 Å². The van der Waals surface area contributed by atoms with Crippen molar-refractivity contribution in [3.05, 3.63) is 28.9 Å². The van der Waals surface area contributed by atoms with Crippen LogP contribution in [0.3, 0.4) is 0 Å². The molecule has 11 nitrogen and oxygen atoms in total. The highest BCUT2D eigenvalue weighted by Crippen LogP contribution is 2.40. The zero-order valence-corrected chi connectivity index (χ0v) is 22.7. The average Bonchev–Trinajstić information content (AvgIpc) is 3.21. The summed E-state index contributed by atoms with van der Waals surface area (Å²) < 4.78 is 36.9. The molecule has 2 aromatic heterocycles. The van der Waals surface area contributed by atoms with Crippen LogP contribution in [0.5, 0.6) is 0 Å². The lowest BCUT2D eigenvalue weighted by Gasteiger charge is -2.36. The van der Waals surface area contributed by atoms with Gasteiger partial charge in [0.15, 0.2) is 0 Å². The first-order valence-corrected chi connectivity index (χ1v) is 14.6. The molecule has 1 amide bonds. The Hall–Kier alpha value is -2.58. The second kappa shape index (κ2) is 8.46. The van der Waals surface area contributed by atoms with Crippen LogP contribution in [0.25, 0.3) is 16.0 Å². The van der Waals surface area contributed by atoms with Gasteiger partial charge in [0.05, 0.1) is 40.4 Å². The number of amides is 1. The van der Waals surface area contributed by atoms with Crippen molar-refractivity contribution < 1.29 is 23.1 Å². The van der Waals surface area contributed by atoms with Gasteiger partial charge in [0, 0.05) is 49.7 Å². The predicted octanol–water partition coefficient (Wildman–Crippen LogP) is 1.72. The number of piperazine rings is 1. The maximum atomic E-state index is 13.4. The Labute approximate surface area is 219 Å². The highest BCUT2D eigenvalue weighted by Gasteiger charge is 2.41. The molecular weight excluding hydrogens is 516 g/mol. The molecular formula is C24H30N6O5S2. The monoisotopic (exact) mass is 546 g/mol. The molecule has 1 aromatic carbocycles. The Morgan fingerprint density at radius 2 is 1.92 bits per heavy atom. The van der Waals surface area contributed by atoms with Crippen molar-refractivity contribution in [2.45, 2.75) is 56.3 Å². The van der Waals surface area contributed by atoms with E-state index >= 15 is 0 Å². The lowest BCUT2D eigenvalue weighted by molar-refractivity contribution is -0.129. The number of nitrogens with one attached hydrogen (secondary N) is 1. The molecule has 1 atom stereocenters. The highest BCUT2D eigenvalue weighted by atomic mass is 32.2. The van der Waals surface area contributed by atoms with Crippen LogP contribution < -0.4 is 9.62 Å². The van der Waals surface area contributed by atoms with E-state index in [1.807, 2.05) is 6.92 Å².